The maximum atomic E-state index is 12.8. The summed E-state index contributed by atoms with van der Waals surface area (Å²) in [4.78, 5) is 35.1. The van der Waals surface area contributed by atoms with Gasteiger partial charge in [-0.05, 0) is 42.5 Å². The van der Waals surface area contributed by atoms with E-state index in [4.69, 9.17) is 16.3 Å². The zero-order chi connectivity index (χ0) is 19.1. The smallest absolute Gasteiger partial charge is 0.342 e. The van der Waals surface area contributed by atoms with Gasteiger partial charge in [0.25, 0.3) is 5.91 Å². The van der Waals surface area contributed by atoms with E-state index in [0.29, 0.717) is 5.69 Å². The van der Waals surface area contributed by atoms with E-state index in [1.807, 2.05) is 0 Å². The second-order valence-electron chi connectivity index (χ2n) is 5.07. The molecule has 0 unspecified atom stereocenters. The van der Waals surface area contributed by atoms with Crippen LogP contribution in [0, 0.1) is 5.82 Å². The number of ether oxygens (including phenoxy) is 1. The molecule has 0 atom stereocenters. The van der Waals surface area contributed by atoms with E-state index < -0.39 is 30.2 Å². The van der Waals surface area contributed by atoms with E-state index in [1.165, 1.54) is 42.5 Å². The first-order chi connectivity index (χ1) is 12.3. The van der Waals surface area contributed by atoms with Gasteiger partial charge in [0.2, 0.25) is 5.91 Å². The second-order valence-corrected chi connectivity index (χ2v) is 5.51. The van der Waals surface area contributed by atoms with Crippen LogP contribution in [0.25, 0.3) is 0 Å². The Morgan fingerprint density at radius 3 is 2.46 bits per heavy atom. The molecule has 0 aromatic heterocycles. The van der Waals surface area contributed by atoms with Gasteiger partial charge in [0.15, 0.2) is 6.61 Å². The number of hydrogen-bond acceptors (Lipinski definition) is 5. The third kappa shape index (κ3) is 5.75. The molecule has 0 saturated carbocycles. The van der Waals surface area contributed by atoms with E-state index >= 15 is 0 Å². The molecule has 2 aromatic rings. The molecule has 0 heterocycles. The molecule has 2 aromatic carbocycles. The Hall–Kier alpha value is -3.13. The predicted molar refractivity (Wildman–Crippen MR) is 91.4 cm³/mol. The largest absolute Gasteiger partial charge is 0.507 e. The number of benzene rings is 2. The predicted octanol–water partition coefficient (Wildman–Crippen LogP) is 2.10. The molecule has 0 aliphatic rings. The first-order valence-electron chi connectivity index (χ1n) is 7.33. The monoisotopic (exact) mass is 380 g/mol. The van der Waals surface area contributed by atoms with Crippen molar-refractivity contribution >= 4 is 35.1 Å². The van der Waals surface area contributed by atoms with Gasteiger partial charge in [-0.2, -0.15) is 0 Å². The average molecular weight is 381 g/mol. The number of esters is 1. The summed E-state index contributed by atoms with van der Waals surface area (Å²) in [5.41, 5.74) is 0.188. The number of rotatable bonds is 6. The SMILES string of the molecule is O=C(COC(=O)c1cc(Cl)ccc1O)NCC(=O)Nc1ccc(F)cc1. The molecule has 26 heavy (non-hydrogen) atoms. The third-order valence-corrected chi connectivity index (χ3v) is 3.32. The van der Waals surface area contributed by atoms with Gasteiger partial charge < -0.3 is 20.5 Å². The highest BCUT2D eigenvalue weighted by Crippen LogP contribution is 2.22. The molecule has 0 radical (unpaired) electrons. The molecule has 0 saturated heterocycles. The van der Waals surface area contributed by atoms with Gasteiger partial charge >= 0.3 is 5.97 Å². The number of nitrogens with one attached hydrogen (secondary N) is 2. The van der Waals surface area contributed by atoms with Gasteiger partial charge in [-0.15, -0.1) is 0 Å². The number of carbonyl (C=O) groups excluding carboxylic acids is 3. The van der Waals surface area contributed by atoms with Gasteiger partial charge in [-0.25, -0.2) is 9.18 Å². The average Bonchev–Trinajstić information content (AvgIpc) is 2.62. The van der Waals surface area contributed by atoms with Crippen molar-refractivity contribution in [1.82, 2.24) is 5.32 Å². The van der Waals surface area contributed by atoms with Gasteiger partial charge in [0, 0.05) is 10.7 Å². The van der Waals surface area contributed by atoms with Crippen LogP contribution in [0.15, 0.2) is 42.5 Å². The molecule has 9 heteroatoms. The van der Waals surface area contributed by atoms with E-state index in [1.54, 1.807) is 0 Å². The summed E-state index contributed by atoms with van der Waals surface area (Å²) in [6, 6.07) is 8.91. The van der Waals surface area contributed by atoms with E-state index in [-0.39, 0.29) is 22.9 Å². The fourth-order valence-electron chi connectivity index (χ4n) is 1.85. The molecule has 0 spiro atoms. The van der Waals surface area contributed by atoms with Crippen molar-refractivity contribution in [2.75, 3.05) is 18.5 Å². The quantitative estimate of drug-likeness (QED) is 0.666. The van der Waals surface area contributed by atoms with Crippen molar-refractivity contribution < 1.29 is 28.6 Å². The summed E-state index contributed by atoms with van der Waals surface area (Å²) < 4.78 is 17.5. The first kappa shape index (κ1) is 19.2. The van der Waals surface area contributed by atoms with Crippen LogP contribution < -0.4 is 10.6 Å². The van der Waals surface area contributed by atoms with Gasteiger partial charge in [-0.3, -0.25) is 9.59 Å². The summed E-state index contributed by atoms with van der Waals surface area (Å²) in [6.07, 6.45) is 0. The number of aromatic hydroxyl groups is 1. The fourth-order valence-corrected chi connectivity index (χ4v) is 2.02. The Labute approximate surface area is 152 Å². The summed E-state index contributed by atoms with van der Waals surface area (Å²) >= 11 is 5.72. The number of phenolic OH excluding ortho intramolecular Hbond substituents is 1. The Bertz CT molecular complexity index is 826. The lowest BCUT2D eigenvalue weighted by Crippen LogP contribution is -2.35. The fraction of sp³-hybridized carbons (Fsp3) is 0.118. The molecule has 2 amide bonds. The lowest BCUT2D eigenvalue weighted by atomic mass is 10.2. The van der Waals surface area contributed by atoms with Gasteiger partial charge in [0.05, 0.1) is 6.54 Å². The lowest BCUT2D eigenvalue weighted by molar-refractivity contribution is -0.126. The lowest BCUT2D eigenvalue weighted by Gasteiger charge is -2.08. The Kier molecular flexibility index (Phi) is 6.51. The second kappa shape index (κ2) is 8.82. The van der Waals surface area contributed by atoms with Crippen LogP contribution in [0.5, 0.6) is 5.75 Å². The Balaban J connectivity index is 1.76. The van der Waals surface area contributed by atoms with Gasteiger partial charge in [0.1, 0.15) is 17.1 Å². The van der Waals surface area contributed by atoms with Crippen molar-refractivity contribution in [3.05, 3.63) is 58.9 Å². The topological polar surface area (TPSA) is 105 Å². The molecule has 0 fully saturated rings. The molecule has 0 bridgehead atoms. The van der Waals surface area contributed by atoms with Crippen LogP contribution in [-0.4, -0.2) is 36.0 Å². The molecule has 0 aliphatic carbocycles. The molecule has 7 nitrogen and oxygen atoms in total. The van der Waals surface area contributed by atoms with E-state index in [0.717, 1.165) is 0 Å². The molecular weight excluding hydrogens is 367 g/mol. The number of carbonyl (C=O) groups is 3. The summed E-state index contributed by atoms with van der Waals surface area (Å²) in [6.45, 7) is -1.01. The zero-order valence-corrected chi connectivity index (χ0v) is 14.0. The summed E-state index contributed by atoms with van der Waals surface area (Å²) in [5.74, 6) is -2.96. The minimum absolute atomic E-state index is 0.181. The molecule has 136 valence electrons. The number of phenols is 1. The molecular formula is C17H14ClFN2O5. The minimum atomic E-state index is -0.934. The number of amides is 2. The van der Waals surface area contributed by atoms with Crippen molar-refractivity contribution in [1.29, 1.82) is 0 Å². The van der Waals surface area contributed by atoms with Crippen molar-refractivity contribution in [2.45, 2.75) is 0 Å². The highest BCUT2D eigenvalue weighted by molar-refractivity contribution is 6.31. The normalized spacial score (nSPS) is 10.1. The molecule has 3 N–H and O–H groups in total. The summed E-state index contributed by atoms with van der Waals surface area (Å²) in [7, 11) is 0. The van der Waals surface area contributed by atoms with E-state index in [9.17, 15) is 23.9 Å². The van der Waals surface area contributed by atoms with E-state index in [2.05, 4.69) is 10.6 Å². The minimum Gasteiger partial charge on any atom is -0.507 e. The van der Waals surface area contributed by atoms with Crippen LogP contribution >= 0.6 is 11.6 Å². The Morgan fingerprint density at radius 1 is 1.08 bits per heavy atom. The number of hydrogen-bond donors (Lipinski definition) is 3. The Morgan fingerprint density at radius 2 is 1.77 bits per heavy atom. The van der Waals surface area contributed by atoms with Crippen molar-refractivity contribution in [3.8, 4) is 5.75 Å². The van der Waals surface area contributed by atoms with Crippen LogP contribution in [0.1, 0.15) is 10.4 Å². The van der Waals surface area contributed by atoms with Crippen LogP contribution in [0.4, 0.5) is 10.1 Å². The van der Waals surface area contributed by atoms with Crippen molar-refractivity contribution in [3.63, 3.8) is 0 Å². The van der Waals surface area contributed by atoms with Crippen molar-refractivity contribution in [2.24, 2.45) is 0 Å². The highest BCUT2D eigenvalue weighted by Gasteiger charge is 2.15. The maximum Gasteiger partial charge on any atom is 0.342 e. The third-order valence-electron chi connectivity index (χ3n) is 3.09. The first-order valence-corrected chi connectivity index (χ1v) is 7.70. The van der Waals surface area contributed by atoms with Crippen LogP contribution in [0.3, 0.4) is 0 Å². The standard InChI is InChI=1S/C17H14ClFN2O5/c18-10-1-6-14(22)13(7-10)17(25)26-9-16(24)20-8-15(23)21-12-4-2-11(19)3-5-12/h1-7,22H,8-9H2,(H,20,24)(H,21,23). The maximum absolute atomic E-state index is 12.8. The number of halogens is 2. The highest BCUT2D eigenvalue weighted by atomic mass is 35.5. The van der Waals surface area contributed by atoms with Crippen LogP contribution in [-0.2, 0) is 14.3 Å². The number of anilines is 1. The zero-order valence-electron chi connectivity index (χ0n) is 13.3. The molecule has 2 rings (SSSR count). The van der Waals surface area contributed by atoms with Gasteiger partial charge in [-0.1, -0.05) is 11.6 Å². The summed E-state index contributed by atoms with van der Waals surface area (Å²) in [5, 5.41) is 14.5. The van der Waals surface area contributed by atoms with Crippen LogP contribution in [0.2, 0.25) is 5.02 Å². The molecule has 0 aliphatic heterocycles.